The van der Waals surface area contributed by atoms with Crippen molar-refractivity contribution in [3.05, 3.63) is 59.7 Å². The Balaban J connectivity index is 1.69. The number of anilines is 2. The number of nitrogens with zero attached hydrogens (tertiary/aromatic N) is 2. The Bertz CT molecular complexity index is 939. The van der Waals surface area contributed by atoms with Gasteiger partial charge < -0.3 is 10.4 Å². The summed E-state index contributed by atoms with van der Waals surface area (Å²) < 4.78 is 0. The molecular weight excluding hydrogens is 340 g/mol. The van der Waals surface area contributed by atoms with E-state index in [1.165, 1.54) is 23.5 Å². The van der Waals surface area contributed by atoms with Crippen molar-refractivity contribution in [3.8, 4) is 10.6 Å². The molecule has 0 saturated carbocycles. The summed E-state index contributed by atoms with van der Waals surface area (Å²) >= 11 is 1.26. The molecule has 8 heteroatoms. The number of aryl methyl sites for hydroxylation is 1. The highest BCUT2D eigenvalue weighted by Crippen LogP contribution is 2.28. The van der Waals surface area contributed by atoms with Gasteiger partial charge in [0.15, 0.2) is 0 Å². The predicted molar refractivity (Wildman–Crippen MR) is 96.1 cm³/mol. The molecule has 0 radical (unpaired) electrons. The maximum Gasteiger partial charge on any atom is 0.335 e. The van der Waals surface area contributed by atoms with Crippen LogP contribution in [0.2, 0.25) is 0 Å². The number of hydrogen-bond donors (Lipinski definition) is 3. The summed E-state index contributed by atoms with van der Waals surface area (Å²) in [7, 11) is 0. The Hall–Kier alpha value is -3.26. The standard InChI is InChI=1S/C17H14N4O3S/c1-10-5-2-3-8-13(10)14-20-21-17(25-14)19-16(24)18-12-7-4-6-11(9-12)15(22)23/h2-9H,1H3,(H,22,23)(H2,18,19,21,24). The van der Waals surface area contributed by atoms with Crippen molar-refractivity contribution in [2.75, 3.05) is 10.6 Å². The van der Waals surface area contributed by atoms with Crippen LogP contribution in [0.3, 0.4) is 0 Å². The minimum atomic E-state index is -1.06. The van der Waals surface area contributed by atoms with Crippen LogP contribution in [-0.2, 0) is 0 Å². The number of carboxylic acid groups (broad SMARTS) is 1. The third-order valence-corrected chi connectivity index (χ3v) is 4.26. The van der Waals surface area contributed by atoms with Crippen LogP contribution in [0, 0.1) is 6.92 Å². The molecule has 0 fully saturated rings. The summed E-state index contributed by atoms with van der Waals surface area (Å²) in [5.41, 5.74) is 2.50. The summed E-state index contributed by atoms with van der Waals surface area (Å²) in [4.78, 5) is 23.0. The van der Waals surface area contributed by atoms with Crippen LogP contribution >= 0.6 is 11.3 Å². The van der Waals surface area contributed by atoms with Crippen molar-refractivity contribution in [2.24, 2.45) is 0 Å². The van der Waals surface area contributed by atoms with Gasteiger partial charge in [0, 0.05) is 11.3 Å². The van der Waals surface area contributed by atoms with Gasteiger partial charge in [-0.05, 0) is 30.7 Å². The summed E-state index contributed by atoms with van der Waals surface area (Å²) in [6, 6.07) is 13.2. The number of amides is 2. The number of nitrogens with one attached hydrogen (secondary N) is 2. The number of carbonyl (C=O) groups is 2. The van der Waals surface area contributed by atoms with E-state index in [1.807, 2.05) is 31.2 Å². The Morgan fingerprint density at radius 3 is 2.60 bits per heavy atom. The van der Waals surface area contributed by atoms with Gasteiger partial charge in [-0.25, -0.2) is 9.59 Å². The number of carboxylic acids is 1. The van der Waals surface area contributed by atoms with Crippen LogP contribution in [0.25, 0.3) is 10.6 Å². The molecule has 2 amide bonds. The van der Waals surface area contributed by atoms with Crippen molar-refractivity contribution < 1.29 is 14.7 Å². The Kier molecular flexibility index (Phi) is 4.71. The van der Waals surface area contributed by atoms with Crippen LogP contribution in [0.1, 0.15) is 15.9 Å². The molecular formula is C17H14N4O3S. The molecule has 3 rings (SSSR count). The predicted octanol–water partition coefficient (Wildman–Crippen LogP) is 3.86. The fraction of sp³-hybridized carbons (Fsp3) is 0.0588. The van der Waals surface area contributed by atoms with E-state index in [0.29, 0.717) is 15.8 Å². The zero-order valence-corrected chi connectivity index (χ0v) is 14.0. The molecule has 0 aliphatic heterocycles. The summed E-state index contributed by atoms with van der Waals surface area (Å²) in [6.07, 6.45) is 0. The number of rotatable bonds is 4. The van der Waals surface area contributed by atoms with Gasteiger partial charge in [-0.3, -0.25) is 5.32 Å². The molecule has 1 aromatic heterocycles. The van der Waals surface area contributed by atoms with Crippen molar-refractivity contribution in [1.29, 1.82) is 0 Å². The van der Waals surface area contributed by atoms with Crippen LogP contribution in [0.5, 0.6) is 0 Å². The average molecular weight is 354 g/mol. The van der Waals surface area contributed by atoms with Gasteiger partial charge in [-0.1, -0.05) is 41.7 Å². The maximum atomic E-state index is 12.0. The number of benzene rings is 2. The van der Waals surface area contributed by atoms with E-state index < -0.39 is 12.0 Å². The monoisotopic (exact) mass is 354 g/mol. The molecule has 1 heterocycles. The second-order valence-corrected chi connectivity index (χ2v) is 6.17. The Morgan fingerprint density at radius 1 is 1.04 bits per heavy atom. The normalized spacial score (nSPS) is 10.3. The zero-order valence-electron chi connectivity index (χ0n) is 13.2. The number of aromatic nitrogens is 2. The highest BCUT2D eigenvalue weighted by molar-refractivity contribution is 7.18. The first kappa shape index (κ1) is 16.6. The number of aromatic carboxylic acids is 1. The third-order valence-electron chi connectivity index (χ3n) is 3.39. The van der Waals surface area contributed by atoms with Crippen molar-refractivity contribution in [3.63, 3.8) is 0 Å². The van der Waals surface area contributed by atoms with E-state index in [1.54, 1.807) is 12.1 Å². The lowest BCUT2D eigenvalue weighted by molar-refractivity contribution is 0.0697. The van der Waals surface area contributed by atoms with Crippen LogP contribution in [-0.4, -0.2) is 27.3 Å². The lowest BCUT2D eigenvalue weighted by atomic mass is 10.1. The molecule has 0 spiro atoms. The second-order valence-electron chi connectivity index (χ2n) is 5.19. The SMILES string of the molecule is Cc1ccccc1-c1nnc(NC(=O)Nc2cccc(C(=O)O)c2)s1. The van der Waals surface area contributed by atoms with E-state index in [4.69, 9.17) is 5.11 Å². The molecule has 7 nitrogen and oxygen atoms in total. The van der Waals surface area contributed by atoms with Gasteiger partial charge in [0.2, 0.25) is 5.13 Å². The minimum Gasteiger partial charge on any atom is -0.478 e. The molecule has 0 unspecified atom stereocenters. The van der Waals surface area contributed by atoms with Gasteiger partial charge in [0.25, 0.3) is 0 Å². The molecule has 25 heavy (non-hydrogen) atoms. The molecule has 0 aliphatic rings. The van der Waals surface area contributed by atoms with E-state index in [0.717, 1.165) is 11.1 Å². The third kappa shape index (κ3) is 3.99. The van der Waals surface area contributed by atoms with Gasteiger partial charge in [-0.15, -0.1) is 10.2 Å². The number of urea groups is 1. The smallest absolute Gasteiger partial charge is 0.335 e. The van der Waals surface area contributed by atoms with Gasteiger partial charge in [-0.2, -0.15) is 0 Å². The number of hydrogen-bond acceptors (Lipinski definition) is 5. The average Bonchev–Trinajstić information content (AvgIpc) is 3.03. The minimum absolute atomic E-state index is 0.0931. The lowest BCUT2D eigenvalue weighted by Crippen LogP contribution is -2.19. The second kappa shape index (κ2) is 7.10. The summed E-state index contributed by atoms with van der Waals surface area (Å²) in [5.74, 6) is -1.06. The van der Waals surface area contributed by atoms with E-state index in [-0.39, 0.29) is 5.56 Å². The molecule has 0 saturated heterocycles. The van der Waals surface area contributed by atoms with E-state index in [9.17, 15) is 9.59 Å². The molecule has 0 atom stereocenters. The molecule has 0 aliphatic carbocycles. The zero-order chi connectivity index (χ0) is 17.8. The van der Waals surface area contributed by atoms with Crippen molar-refractivity contribution >= 4 is 34.2 Å². The summed E-state index contributed by atoms with van der Waals surface area (Å²) in [6.45, 7) is 1.98. The largest absolute Gasteiger partial charge is 0.478 e. The fourth-order valence-corrected chi connectivity index (χ4v) is 3.01. The quantitative estimate of drug-likeness (QED) is 0.660. The number of carbonyl (C=O) groups excluding carboxylic acids is 1. The maximum absolute atomic E-state index is 12.0. The first-order valence-corrected chi connectivity index (χ1v) is 8.15. The topological polar surface area (TPSA) is 104 Å². The summed E-state index contributed by atoms with van der Waals surface area (Å²) in [5, 5.41) is 23.3. The highest BCUT2D eigenvalue weighted by Gasteiger charge is 2.12. The lowest BCUT2D eigenvalue weighted by Gasteiger charge is -2.05. The Labute approximate surface area is 147 Å². The molecule has 3 aromatic rings. The van der Waals surface area contributed by atoms with Gasteiger partial charge >= 0.3 is 12.0 Å². The van der Waals surface area contributed by atoms with Crippen molar-refractivity contribution in [2.45, 2.75) is 6.92 Å². The first-order chi connectivity index (χ1) is 12.0. The molecule has 126 valence electrons. The first-order valence-electron chi connectivity index (χ1n) is 7.34. The van der Waals surface area contributed by atoms with E-state index >= 15 is 0 Å². The van der Waals surface area contributed by atoms with E-state index in [2.05, 4.69) is 20.8 Å². The van der Waals surface area contributed by atoms with Crippen molar-refractivity contribution in [1.82, 2.24) is 10.2 Å². The Morgan fingerprint density at radius 2 is 1.84 bits per heavy atom. The fourth-order valence-electron chi connectivity index (χ4n) is 2.18. The van der Waals surface area contributed by atoms with Crippen LogP contribution in [0.15, 0.2) is 48.5 Å². The van der Waals surface area contributed by atoms with Gasteiger partial charge in [0.1, 0.15) is 5.01 Å². The molecule has 3 N–H and O–H groups in total. The molecule has 2 aromatic carbocycles. The van der Waals surface area contributed by atoms with Gasteiger partial charge in [0.05, 0.1) is 5.56 Å². The molecule has 0 bridgehead atoms. The van der Waals surface area contributed by atoms with Crippen LogP contribution in [0.4, 0.5) is 15.6 Å². The van der Waals surface area contributed by atoms with Crippen LogP contribution < -0.4 is 10.6 Å². The highest BCUT2D eigenvalue weighted by atomic mass is 32.1.